The molecule has 0 radical (unpaired) electrons. The van der Waals surface area contributed by atoms with Gasteiger partial charge in [0.05, 0.1) is 10.8 Å². The van der Waals surface area contributed by atoms with Gasteiger partial charge in [-0.3, -0.25) is 9.59 Å². The van der Waals surface area contributed by atoms with Crippen molar-refractivity contribution < 1.29 is 163 Å². The predicted molar refractivity (Wildman–Crippen MR) is 274 cm³/mol. The number of esters is 3. The zero-order valence-electron chi connectivity index (χ0n) is 51.3. The van der Waals surface area contributed by atoms with E-state index in [0.29, 0.717) is 70.3 Å². The predicted octanol–water partition coefficient (Wildman–Crippen LogP) is 12.8. The molecule has 0 aliphatic heterocycles. The molecule has 0 aromatic heterocycles. The second-order valence-corrected chi connectivity index (χ2v) is 25.4. The molecule has 6 bridgehead atoms. The summed E-state index contributed by atoms with van der Waals surface area (Å²) in [6, 6.07) is 0.292. The van der Waals surface area contributed by atoms with Crippen LogP contribution in [-0.4, -0.2) is 127 Å². The van der Waals surface area contributed by atoms with E-state index in [2.05, 4.69) is 20.8 Å². The quantitative estimate of drug-likeness (QED) is 0.0215. The van der Waals surface area contributed by atoms with Crippen LogP contribution in [0.25, 0.3) is 0 Å². The first-order valence-electron chi connectivity index (χ1n) is 28.3. The van der Waals surface area contributed by atoms with Crippen LogP contribution >= 0.6 is 11.6 Å². The van der Waals surface area contributed by atoms with Gasteiger partial charge in [-0.05, 0) is 159 Å². The molecule has 11 nitrogen and oxygen atoms in total. The van der Waals surface area contributed by atoms with Crippen molar-refractivity contribution in [2.45, 2.75) is 230 Å². The van der Waals surface area contributed by atoms with E-state index in [1.165, 1.54) is 20.8 Å². The molecule has 12 unspecified atom stereocenters. The van der Waals surface area contributed by atoms with Gasteiger partial charge in [-0.15, -0.1) is 0 Å². The summed E-state index contributed by atoms with van der Waals surface area (Å²) in [5, 5.41) is 19.1. The van der Waals surface area contributed by atoms with Gasteiger partial charge in [0, 0.05) is 39.1 Å². The van der Waals surface area contributed by atoms with Gasteiger partial charge in [0.15, 0.2) is 0 Å². The number of carbonyl (C=O) groups excluding carboxylic acids is 3. The third-order valence-electron chi connectivity index (χ3n) is 18.6. The Labute approximate surface area is 523 Å². The molecule has 12 atom stereocenters. The maximum Gasteiger partial charge on any atom is 1.00 e. The van der Waals surface area contributed by atoms with Crippen LogP contribution in [0.5, 0.6) is 0 Å². The smallest absolute Gasteiger partial charge is 1.00 e. The van der Waals surface area contributed by atoms with Gasteiger partial charge < -0.3 is 40.1 Å². The second-order valence-electron chi connectivity index (χ2n) is 25.2. The minimum absolute atomic E-state index is 0. The summed E-state index contributed by atoms with van der Waals surface area (Å²) >= 11 is 4.96. The van der Waals surface area contributed by atoms with E-state index in [4.69, 9.17) is 25.8 Å². The average molecular weight is 1330 g/mol. The number of aliphatic hydroxyl groups is 2. The molecule has 0 amide bonds. The van der Waals surface area contributed by atoms with E-state index in [9.17, 15) is 104 Å². The molecule has 87 heavy (non-hydrogen) atoms. The van der Waals surface area contributed by atoms with Gasteiger partial charge in [0.2, 0.25) is 0 Å². The minimum atomic E-state index is -5.93. The van der Waals surface area contributed by atoms with Gasteiger partial charge in [-0.25, -0.2) is 4.79 Å². The summed E-state index contributed by atoms with van der Waals surface area (Å²) in [5.41, 5.74) is -16.5. The molecule has 6 aliphatic rings. The first-order valence-corrected chi connectivity index (χ1v) is 28.8. The number of ether oxygens (including phenoxy) is 6. The monoisotopic (exact) mass is 1330 g/mol. The molecule has 506 valence electrons. The summed E-state index contributed by atoms with van der Waals surface area (Å²) < 4.78 is 269. The summed E-state index contributed by atoms with van der Waals surface area (Å²) in [7, 11) is 2.49. The Morgan fingerprint density at radius 2 is 0.793 bits per heavy atom. The van der Waals surface area contributed by atoms with Crippen LogP contribution in [0.2, 0.25) is 0 Å². The Balaban J connectivity index is 0.000000634. The fraction of sp³-hybridized carbons (Fsp3) is 0.911. The number of halogens is 19. The maximum absolute atomic E-state index is 13.8. The SMILES string of the molecule is C=C(C)C(=O)OC(CC(O)(C(F)(F)F)C(F)(F)F)C1CC2CCC1C2.CCC(C)(C)C(=O)OC(CC(O)(C(F)(F)F)C(F)(F)F)C1CC2CCC1C2.CCC(C)(C)C(=O)OC(CC(OCOC)(C(F)(F)F)C(F)(F)F)C1CC2CCC1C2.COCCl.[H-].[Na+]. The number of methoxy groups -OCH3 is 2. The van der Waals surface area contributed by atoms with Crippen molar-refractivity contribution in [3.05, 3.63) is 12.2 Å². The number of carbonyl (C=O) groups is 3. The normalized spacial score (nSPS) is 26.0. The first-order chi connectivity index (χ1) is 39.0. The number of hydrogen-bond acceptors (Lipinski definition) is 11. The van der Waals surface area contributed by atoms with Gasteiger partial charge in [0.1, 0.15) is 31.2 Å². The Hall–Kier alpha value is -2.02. The average Bonchev–Trinajstić information content (AvgIpc) is 4.30. The van der Waals surface area contributed by atoms with Crippen LogP contribution in [0.4, 0.5) is 79.0 Å². The molecule has 0 heterocycles. The first kappa shape index (κ1) is 81.1. The van der Waals surface area contributed by atoms with E-state index < -0.39 is 145 Å². The number of fused-ring (bicyclic) bond motifs is 6. The van der Waals surface area contributed by atoms with Crippen LogP contribution in [0, 0.1) is 64.1 Å². The van der Waals surface area contributed by atoms with E-state index in [1.807, 2.05) is 0 Å². The Bertz CT molecular complexity index is 2190. The maximum atomic E-state index is 13.8. The van der Waals surface area contributed by atoms with E-state index >= 15 is 0 Å². The molecule has 2 N–H and O–H groups in total. The molecule has 6 rings (SSSR count). The van der Waals surface area contributed by atoms with Crippen molar-refractivity contribution in [2.24, 2.45) is 64.1 Å². The molecule has 0 aromatic carbocycles. The number of rotatable bonds is 21. The van der Waals surface area contributed by atoms with E-state index in [-0.39, 0.29) is 72.1 Å². The van der Waals surface area contributed by atoms with Crippen LogP contribution in [-0.2, 0) is 42.8 Å². The zero-order chi connectivity index (χ0) is 66.4. The number of alkyl halides is 19. The summed E-state index contributed by atoms with van der Waals surface area (Å²) in [6.07, 6.45) is -36.4. The van der Waals surface area contributed by atoms with Crippen molar-refractivity contribution in [2.75, 3.05) is 27.1 Å². The third-order valence-corrected chi connectivity index (χ3v) is 18.8. The summed E-state index contributed by atoms with van der Waals surface area (Å²) in [6.45, 7) is 12.9. The largest absolute Gasteiger partial charge is 1.00 e. The van der Waals surface area contributed by atoms with Crippen LogP contribution < -0.4 is 29.6 Å². The molecule has 0 aromatic rings. The summed E-state index contributed by atoms with van der Waals surface area (Å²) in [5.74, 6) is -4.04. The summed E-state index contributed by atoms with van der Waals surface area (Å²) in [4.78, 5) is 36.7. The molecule has 6 fully saturated rings. The van der Waals surface area contributed by atoms with Crippen LogP contribution in [0.3, 0.4) is 0 Å². The molecule has 0 saturated heterocycles. The van der Waals surface area contributed by atoms with Crippen molar-refractivity contribution in [3.8, 4) is 0 Å². The van der Waals surface area contributed by atoms with Gasteiger partial charge >= 0.3 is 84.5 Å². The topological polar surface area (TPSA) is 147 Å². The zero-order valence-corrected chi connectivity index (χ0v) is 53.1. The van der Waals surface area contributed by atoms with Crippen molar-refractivity contribution in [1.82, 2.24) is 0 Å². The molecule has 6 aliphatic carbocycles. The van der Waals surface area contributed by atoms with Crippen molar-refractivity contribution in [1.29, 1.82) is 0 Å². The van der Waals surface area contributed by atoms with Gasteiger partial charge in [-0.2, -0.15) is 79.0 Å². The van der Waals surface area contributed by atoms with Crippen LogP contribution in [0.1, 0.15) is 159 Å². The Kier molecular flexibility index (Phi) is 28.7. The van der Waals surface area contributed by atoms with E-state index in [0.717, 1.165) is 32.8 Å². The fourth-order valence-corrected chi connectivity index (χ4v) is 12.6. The van der Waals surface area contributed by atoms with Crippen molar-refractivity contribution in [3.63, 3.8) is 0 Å². The number of hydrogen-bond donors (Lipinski definition) is 2. The van der Waals surface area contributed by atoms with Crippen LogP contribution in [0.15, 0.2) is 12.2 Å². The third kappa shape index (κ3) is 19.5. The molecule has 31 heteroatoms. The molecule has 0 spiro atoms. The Morgan fingerprint density at radius 3 is 1.00 bits per heavy atom. The molecular formula is C56H82ClF18NaO11. The fourth-order valence-electron chi connectivity index (χ4n) is 12.6. The minimum Gasteiger partial charge on any atom is -1.00 e. The second kappa shape index (κ2) is 30.8. The van der Waals surface area contributed by atoms with Gasteiger partial charge in [0.25, 0.3) is 16.8 Å². The van der Waals surface area contributed by atoms with Crippen molar-refractivity contribution >= 4 is 29.5 Å². The van der Waals surface area contributed by atoms with E-state index in [1.54, 1.807) is 34.8 Å². The molecule has 6 saturated carbocycles. The standard InChI is InChI=1S/C20H30F6O4.C18H26F6O3.C16H20F6O3.C2H5ClO.Na.H/c1-5-17(2,3)16(27)30-15(14-9-12-6-7-13(14)8-12)10-18(19(21,22)23,20(24,25)26)29-11-28-4;1-4-15(2,3)14(25)27-13(12-8-10-5-6-11(12)7-10)9-16(26,17(19,20)21)18(22,23)24;1-8(2)13(23)25-12(11-6-9-3-4-10(11)5-9)7-14(24,15(17,18)19)16(20,21)22;1-4-2-3;;/h12-15H,5-11H2,1-4H3;10-13,26H,4-9H2,1-3H3;9-12,24H,1,3-7H2,2H3;2H2,1H3;;/q;;;;+1;-1. The van der Waals surface area contributed by atoms with Gasteiger partial charge in [-0.1, -0.05) is 51.3 Å². The Morgan fingerprint density at radius 1 is 0.506 bits per heavy atom. The molecular weight excluding hydrogens is 1250 g/mol.